The van der Waals surface area contributed by atoms with Crippen LogP contribution >= 0.6 is 0 Å². The lowest BCUT2D eigenvalue weighted by Crippen LogP contribution is -2.58. The molecule has 4 saturated carbocycles. The van der Waals surface area contributed by atoms with E-state index >= 15 is 0 Å². The van der Waals surface area contributed by atoms with Gasteiger partial charge in [0.05, 0.1) is 11.0 Å². The van der Waals surface area contributed by atoms with E-state index < -0.39 is 17.1 Å². The van der Waals surface area contributed by atoms with Gasteiger partial charge in [0.15, 0.2) is 6.10 Å². The average molecular weight is 367 g/mol. The molecule has 4 aliphatic rings. The van der Waals surface area contributed by atoms with E-state index in [1.165, 1.54) is 0 Å². The summed E-state index contributed by atoms with van der Waals surface area (Å²) in [6.07, 6.45) is 5.65. The highest BCUT2D eigenvalue weighted by atomic mass is 16.5. The van der Waals surface area contributed by atoms with E-state index in [4.69, 9.17) is 4.74 Å². The molecule has 0 saturated heterocycles. The molecule has 4 fully saturated rings. The van der Waals surface area contributed by atoms with Crippen LogP contribution in [0, 0.1) is 17.3 Å². The fraction of sp³-hybridized carbons (Fsp3) is 0.545. The number of H-pyrrole nitrogens is 1. The lowest BCUT2D eigenvalue weighted by atomic mass is 9.48. The van der Waals surface area contributed by atoms with Crippen molar-refractivity contribution in [2.24, 2.45) is 17.3 Å². The van der Waals surface area contributed by atoms with Crippen LogP contribution in [0.5, 0.6) is 0 Å². The molecule has 6 rings (SSSR count). The Morgan fingerprint density at radius 2 is 1.89 bits per heavy atom. The van der Waals surface area contributed by atoms with Crippen molar-refractivity contribution >= 4 is 22.7 Å². The topological polar surface area (TPSA) is 79.4 Å². The summed E-state index contributed by atoms with van der Waals surface area (Å²) in [5.74, 6) is 0.326. The Labute approximate surface area is 158 Å². The molecule has 0 amide bonds. The number of fused-ring (bicyclic) bond motifs is 1. The van der Waals surface area contributed by atoms with Crippen LogP contribution in [0.3, 0.4) is 0 Å². The average Bonchev–Trinajstić information content (AvgIpc) is 3.03. The molecule has 1 aromatic carbocycles. The molecule has 142 valence electrons. The zero-order chi connectivity index (χ0) is 18.8. The van der Waals surface area contributed by atoms with Crippen LogP contribution in [0.2, 0.25) is 0 Å². The highest BCUT2D eigenvalue weighted by Gasteiger charge is 2.61. The number of carbonyl (C=O) groups is 2. The molecule has 2 N–H and O–H groups in total. The molecule has 5 atom stereocenters. The van der Waals surface area contributed by atoms with Crippen molar-refractivity contribution in [3.63, 3.8) is 0 Å². The lowest BCUT2D eigenvalue weighted by molar-refractivity contribution is -0.197. The van der Waals surface area contributed by atoms with Gasteiger partial charge in [0, 0.05) is 22.7 Å². The van der Waals surface area contributed by atoms with Gasteiger partial charge in [-0.2, -0.15) is 0 Å². The molecule has 2 unspecified atom stereocenters. The van der Waals surface area contributed by atoms with E-state index in [1.54, 1.807) is 13.1 Å². The van der Waals surface area contributed by atoms with Crippen LogP contribution in [0.25, 0.3) is 10.9 Å². The van der Waals surface area contributed by atoms with Gasteiger partial charge in [-0.05, 0) is 63.4 Å². The number of benzene rings is 1. The van der Waals surface area contributed by atoms with Crippen molar-refractivity contribution in [1.82, 2.24) is 4.98 Å². The second-order valence-electron chi connectivity index (χ2n) is 9.13. The fourth-order valence-corrected chi connectivity index (χ4v) is 6.29. The summed E-state index contributed by atoms with van der Waals surface area (Å²) in [4.78, 5) is 29.1. The van der Waals surface area contributed by atoms with Gasteiger partial charge >= 0.3 is 5.97 Å². The molecule has 0 radical (unpaired) electrons. The number of hydrogen-bond acceptors (Lipinski definition) is 4. The Morgan fingerprint density at radius 3 is 2.59 bits per heavy atom. The quantitative estimate of drug-likeness (QED) is 0.639. The fourth-order valence-electron chi connectivity index (χ4n) is 6.29. The van der Waals surface area contributed by atoms with Crippen LogP contribution in [0.4, 0.5) is 0 Å². The maximum atomic E-state index is 13.1. The molecule has 0 spiro atoms. The minimum absolute atomic E-state index is 0.191. The first kappa shape index (κ1) is 17.0. The third kappa shape index (κ3) is 2.63. The first-order valence-corrected chi connectivity index (χ1v) is 9.91. The SMILES string of the molecule is C[C@@H](OC(=O)C12C[C@@H]3C[C@@H](CC(O)(C3)C1)C2)C(=O)c1c[nH]c2ccccc12. The highest BCUT2D eigenvalue weighted by Crippen LogP contribution is 2.62. The monoisotopic (exact) mass is 367 g/mol. The summed E-state index contributed by atoms with van der Waals surface area (Å²) < 4.78 is 5.70. The number of aromatic amines is 1. The Hall–Kier alpha value is -2.14. The van der Waals surface area contributed by atoms with E-state index in [2.05, 4.69) is 4.98 Å². The molecule has 1 aromatic heterocycles. The van der Waals surface area contributed by atoms with Crippen LogP contribution in [-0.4, -0.2) is 33.5 Å². The summed E-state index contributed by atoms with van der Waals surface area (Å²) in [6, 6.07) is 7.61. The number of esters is 1. The zero-order valence-electron chi connectivity index (χ0n) is 15.5. The smallest absolute Gasteiger partial charge is 0.312 e. The number of hydrogen-bond donors (Lipinski definition) is 2. The van der Waals surface area contributed by atoms with Gasteiger partial charge in [0.1, 0.15) is 0 Å². The van der Waals surface area contributed by atoms with Crippen molar-refractivity contribution in [3.05, 3.63) is 36.0 Å². The third-order valence-electron chi connectivity index (χ3n) is 6.97. The summed E-state index contributed by atoms with van der Waals surface area (Å²) >= 11 is 0. The van der Waals surface area contributed by atoms with Gasteiger partial charge < -0.3 is 14.8 Å². The van der Waals surface area contributed by atoms with E-state index in [9.17, 15) is 14.7 Å². The first-order valence-electron chi connectivity index (χ1n) is 9.91. The number of ether oxygens (including phenoxy) is 1. The molecule has 1 heterocycles. The van der Waals surface area contributed by atoms with Crippen molar-refractivity contribution in [1.29, 1.82) is 0 Å². The predicted molar refractivity (Wildman–Crippen MR) is 100 cm³/mol. The van der Waals surface area contributed by atoms with Gasteiger partial charge in [-0.1, -0.05) is 18.2 Å². The number of nitrogens with one attached hydrogen (secondary N) is 1. The van der Waals surface area contributed by atoms with Crippen LogP contribution in [0.1, 0.15) is 55.8 Å². The van der Waals surface area contributed by atoms with Gasteiger partial charge in [-0.15, -0.1) is 0 Å². The van der Waals surface area contributed by atoms with E-state index in [0.29, 0.717) is 23.8 Å². The van der Waals surface area contributed by atoms with Crippen molar-refractivity contribution in [2.75, 3.05) is 0 Å². The highest BCUT2D eigenvalue weighted by molar-refractivity contribution is 6.10. The number of Topliss-reactive ketones (excluding diaryl/α,β-unsaturated/α-hetero) is 1. The first-order chi connectivity index (χ1) is 12.9. The van der Waals surface area contributed by atoms with Crippen LogP contribution < -0.4 is 0 Å². The van der Waals surface area contributed by atoms with Crippen LogP contribution in [-0.2, 0) is 9.53 Å². The summed E-state index contributed by atoms with van der Waals surface area (Å²) in [5, 5.41) is 11.7. The Morgan fingerprint density at radius 1 is 1.19 bits per heavy atom. The molecule has 5 heteroatoms. The molecule has 4 aliphatic carbocycles. The largest absolute Gasteiger partial charge is 0.454 e. The van der Waals surface area contributed by atoms with E-state index in [-0.39, 0.29) is 11.8 Å². The Balaban J connectivity index is 1.36. The maximum Gasteiger partial charge on any atom is 0.312 e. The molecule has 0 aliphatic heterocycles. The van der Waals surface area contributed by atoms with Crippen molar-refractivity contribution in [2.45, 2.75) is 57.2 Å². The van der Waals surface area contributed by atoms with Crippen molar-refractivity contribution in [3.8, 4) is 0 Å². The third-order valence-corrected chi connectivity index (χ3v) is 6.97. The zero-order valence-corrected chi connectivity index (χ0v) is 15.5. The Kier molecular flexibility index (Phi) is 3.57. The van der Waals surface area contributed by atoms with E-state index in [0.717, 1.165) is 43.0 Å². The second kappa shape index (κ2) is 5.68. The lowest BCUT2D eigenvalue weighted by Gasteiger charge is -2.58. The van der Waals surface area contributed by atoms with Gasteiger partial charge in [-0.25, -0.2) is 0 Å². The van der Waals surface area contributed by atoms with Gasteiger partial charge in [-0.3, -0.25) is 9.59 Å². The number of ketones is 1. The van der Waals surface area contributed by atoms with Crippen molar-refractivity contribution < 1.29 is 19.4 Å². The predicted octanol–water partition coefficient (Wildman–Crippen LogP) is 3.61. The normalized spacial score (nSPS) is 35.3. The number of carbonyl (C=O) groups excluding carboxylic acids is 2. The second-order valence-corrected chi connectivity index (χ2v) is 9.13. The number of aliphatic hydroxyl groups is 1. The summed E-state index contributed by atoms with van der Waals surface area (Å²) in [5.41, 5.74) is 0.124. The number of rotatable bonds is 4. The number of para-hydroxylation sites is 1. The molecule has 5 nitrogen and oxygen atoms in total. The standard InChI is InChI=1S/C22H25NO4/c1-13(19(24)17-11-23-18-5-3-2-4-16(17)18)27-20(25)21-7-14-6-15(8-21)10-22(26,9-14)12-21/h2-5,11,13-15,23,26H,6-10,12H2,1H3/t13-,14-,15+,21?,22?/m1/s1. The summed E-state index contributed by atoms with van der Waals surface area (Å²) in [7, 11) is 0. The molecule has 27 heavy (non-hydrogen) atoms. The maximum absolute atomic E-state index is 13.1. The Bertz CT molecular complexity index is 915. The number of aromatic nitrogens is 1. The molecule has 2 aromatic rings. The molecular weight excluding hydrogens is 342 g/mol. The minimum atomic E-state index is -0.834. The molecular formula is C22H25NO4. The van der Waals surface area contributed by atoms with E-state index in [1.807, 2.05) is 24.3 Å². The van der Waals surface area contributed by atoms with Gasteiger partial charge in [0.2, 0.25) is 5.78 Å². The summed E-state index contributed by atoms with van der Waals surface area (Å²) in [6.45, 7) is 1.65. The van der Waals surface area contributed by atoms with Gasteiger partial charge in [0.25, 0.3) is 0 Å². The minimum Gasteiger partial charge on any atom is -0.454 e. The van der Waals surface area contributed by atoms with Crippen LogP contribution in [0.15, 0.2) is 30.5 Å². The molecule has 4 bridgehead atoms.